The van der Waals surface area contributed by atoms with Gasteiger partial charge in [-0.05, 0) is 29.8 Å². The molecule has 0 saturated heterocycles. The fraction of sp³-hybridized carbons (Fsp3) is 0.208. The Hall–Kier alpha value is -2.59. The summed E-state index contributed by atoms with van der Waals surface area (Å²) >= 11 is 0. The van der Waals surface area contributed by atoms with Crippen LogP contribution < -0.4 is 26.5 Å². The third kappa shape index (κ3) is 3.97. The molecule has 4 rings (SSSR count). The van der Waals surface area contributed by atoms with Crippen molar-refractivity contribution in [2.75, 3.05) is 20.8 Å². The fourth-order valence-corrected chi connectivity index (χ4v) is 3.78. The van der Waals surface area contributed by atoms with Crippen molar-refractivity contribution in [3.63, 3.8) is 0 Å². The van der Waals surface area contributed by atoms with Crippen molar-refractivity contribution in [1.82, 2.24) is 0 Å². The molecule has 0 N–H and O–H groups in total. The average Bonchev–Trinajstić information content (AvgIpc) is 2.74. The number of halogens is 1. The topological polar surface area (TPSA) is 21.5 Å². The Morgan fingerprint density at radius 3 is 2.07 bits per heavy atom. The van der Waals surface area contributed by atoms with Crippen LogP contribution in [0.2, 0.25) is 0 Å². The largest absolute Gasteiger partial charge is 1.00 e. The lowest BCUT2D eigenvalue weighted by molar-refractivity contribution is -0.544. The first-order valence-electron chi connectivity index (χ1n) is 9.26. The number of benzene rings is 3. The molecular weight excluding hydrogens is 414 g/mol. The van der Waals surface area contributed by atoms with E-state index < -0.39 is 0 Å². The molecule has 0 fully saturated rings. The van der Waals surface area contributed by atoms with E-state index in [1.165, 1.54) is 28.0 Å². The van der Waals surface area contributed by atoms with Gasteiger partial charge in [-0.3, -0.25) is 0 Å². The summed E-state index contributed by atoms with van der Waals surface area (Å²) in [5.74, 6) is 1.56. The van der Waals surface area contributed by atoms with Crippen LogP contribution in [0.25, 0.3) is 0 Å². The number of rotatable bonds is 5. The van der Waals surface area contributed by atoms with Crippen LogP contribution in [0.5, 0.6) is 11.5 Å². The highest BCUT2D eigenvalue weighted by Gasteiger charge is 2.29. The van der Waals surface area contributed by atoms with Gasteiger partial charge in [0.05, 0.1) is 19.8 Å². The summed E-state index contributed by atoms with van der Waals surface area (Å²) in [5, 5.41) is 0. The molecule has 0 bridgehead atoms. The van der Waals surface area contributed by atoms with Crippen molar-refractivity contribution in [3.05, 3.63) is 95.1 Å². The Balaban J connectivity index is 0.00000225. The van der Waals surface area contributed by atoms with Gasteiger partial charge in [-0.2, -0.15) is 0 Å². The molecule has 3 nitrogen and oxygen atoms in total. The van der Waals surface area contributed by atoms with Gasteiger partial charge in [0.15, 0.2) is 18.0 Å². The second-order valence-electron chi connectivity index (χ2n) is 6.74. The number of ether oxygens (including phenoxy) is 2. The smallest absolute Gasteiger partial charge is 0.215 e. The van der Waals surface area contributed by atoms with Crippen LogP contribution in [-0.4, -0.2) is 31.1 Å². The van der Waals surface area contributed by atoms with E-state index in [-0.39, 0.29) is 17.0 Å². The molecule has 3 aromatic carbocycles. The van der Waals surface area contributed by atoms with Gasteiger partial charge in [-0.1, -0.05) is 48.5 Å². The van der Waals surface area contributed by atoms with E-state index >= 15 is 0 Å². The lowest BCUT2D eigenvalue weighted by atomic mass is 9.91. The predicted molar refractivity (Wildman–Crippen MR) is 108 cm³/mol. The van der Waals surface area contributed by atoms with Gasteiger partial charge in [0.1, 0.15) is 6.54 Å². The lowest BCUT2D eigenvalue weighted by Gasteiger charge is -2.21. The zero-order valence-corrected chi connectivity index (χ0v) is 17.8. The summed E-state index contributed by atoms with van der Waals surface area (Å²) in [6.45, 7) is 1.86. The molecule has 0 amide bonds. The van der Waals surface area contributed by atoms with Gasteiger partial charge in [-0.15, -0.1) is 0 Å². The number of methoxy groups -OCH3 is 2. The van der Waals surface area contributed by atoms with Gasteiger partial charge in [0.2, 0.25) is 5.71 Å². The van der Waals surface area contributed by atoms with Crippen LogP contribution in [0.15, 0.2) is 72.8 Å². The van der Waals surface area contributed by atoms with Crippen LogP contribution >= 0.6 is 0 Å². The normalized spacial score (nSPS) is 12.8. The maximum Gasteiger partial charge on any atom is 0.215 e. The third-order valence-corrected chi connectivity index (χ3v) is 5.10. The Bertz CT molecular complexity index is 969. The van der Waals surface area contributed by atoms with Crippen LogP contribution in [0.3, 0.4) is 0 Å². The zero-order valence-electron chi connectivity index (χ0n) is 16.2. The summed E-state index contributed by atoms with van der Waals surface area (Å²) in [4.78, 5) is 0. The quantitative estimate of drug-likeness (QED) is 0.561. The molecule has 0 spiro atoms. The van der Waals surface area contributed by atoms with Crippen molar-refractivity contribution in [1.29, 1.82) is 0 Å². The summed E-state index contributed by atoms with van der Waals surface area (Å²) in [6, 6.07) is 25.5. The van der Waals surface area contributed by atoms with Gasteiger partial charge in [0.25, 0.3) is 0 Å². The second kappa shape index (κ2) is 9.07. The maximum absolute atomic E-state index is 5.58. The van der Waals surface area contributed by atoms with E-state index in [2.05, 4.69) is 77.4 Å². The highest BCUT2D eigenvalue weighted by molar-refractivity contribution is 6.11. The van der Waals surface area contributed by atoms with Gasteiger partial charge < -0.3 is 26.5 Å². The maximum atomic E-state index is 5.58. The molecule has 0 aliphatic carbocycles. The molecule has 4 heteroatoms. The molecule has 0 radical (unpaired) electrons. The molecule has 0 aromatic heterocycles. The van der Waals surface area contributed by atoms with E-state index in [0.717, 1.165) is 31.0 Å². The average molecular weight is 438 g/mol. The molecule has 1 aliphatic heterocycles. The van der Waals surface area contributed by atoms with Crippen molar-refractivity contribution in [3.8, 4) is 11.5 Å². The first-order chi connectivity index (χ1) is 13.3. The molecule has 144 valence electrons. The van der Waals surface area contributed by atoms with Crippen molar-refractivity contribution in [2.24, 2.45) is 0 Å². The zero-order chi connectivity index (χ0) is 18.6. The first-order valence-corrected chi connectivity index (χ1v) is 9.26. The van der Waals surface area contributed by atoms with E-state index in [0.29, 0.717) is 0 Å². The van der Waals surface area contributed by atoms with Crippen molar-refractivity contribution >= 4 is 5.71 Å². The standard InChI is InChI=1S/C24H24NO2.BrH/c1-26-22-15-20-13-14-25(17-18-9-5-3-6-10-18)24(19-11-7-4-8-12-19)21(20)16-23(22)27-2;/h3-12,15-16H,13-14,17H2,1-2H3;1H/q+1;/p-1. The second-order valence-corrected chi connectivity index (χ2v) is 6.74. The highest BCUT2D eigenvalue weighted by atomic mass is 79.9. The summed E-state index contributed by atoms with van der Waals surface area (Å²) < 4.78 is 13.6. The SMILES string of the molecule is COc1cc2c(cc1OC)C(c1ccccc1)=[N+](Cc1ccccc1)CC2.[Br-]. The minimum Gasteiger partial charge on any atom is -1.00 e. The van der Waals surface area contributed by atoms with Crippen LogP contribution in [-0.2, 0) is 13.0 Å². The fourth-order valence-electron chi connectivity index (χ4n) is 3.78. The van der Waals surface area contributed by atoms with E-state index in [1.807, 2.05) is 0 Å². The molecule has 0 unspecified atom stereocenters. The van der Waals surface area contributed by atoms with Gasteiger partial charge in [0, 0.05) is 17.5 Å². The Kier molecular flexibility index (Phi) is 6.53. The van der Waals surface area contributed by atoms with Crippen molar-refractivity contribution < 1.29 is 31.0 Å². The summed E-state index contributed by atoms with van der Waals surface area (Å²) in [6.07, 6.45) is 0.985. The van der Waals surface area contributed by atoms with Crippen LogP contribution in [0.4, 0.5) is 0 Å². The molecule has 0 saturated carbocycles. The summed E-state index contributed by atoms with van der Waals surface area (Å²) in [7, 11) is 3.38. The van der Waals surface area contributed by atoms with E-state index in [9.17, 15) is 0 Å². The van der Waals surface area contributed by atoms with Crippen molar-refractivity contribution in [2.45, 2.75) is 13.0 Å². The first kappa shape index (κ1) is 20.2. The molecule has 3 aromatic rings. The number of hydrogen-bond acceptors (Lipinski definition) is 2. The lowest BCUT2D eigenvalue weighted by Crippen LogP contribution is -3.00. The Labute approximate surface area is 177 Å². The number of fused-ring (bicyclic) bond motifs is 1. The minimum absolute atomic E-state index is 0. The Morgan fingerprint density at radius 2 is 1.43 bits per heavy atom. The van der Waals surface area contributed by atoms with Crippen LogP contribution in [0.1, 0.15) is 22.3 Å². The molecule has 0 atom stereocenters. The molecule has 1 aliphatic rings. The minimum atomic E-state index is 0. The molecular formula is C24H24BrNO2. The van der Waals surface area contributed by atoms with E-state index in [4.69, 9.17) is 9.47 Å². The number of nitrogens with zero attached hydrogens (tertiary/aromatic N) is 1. The van der Waals surface area contributed by atoms with E-state index in [1.54, 1.807) is 14.2 Å². The molecule has 1 heterocycles. The number of hydrogen-bond donors (Lipinski definition) is 0. The third-order valence-electron chi connectivity index (χ3n) is 5.10. The predicted octanol–water partition coefficient (Wildman–Crippen LogP) is 1.31. The van der Waals surface area contributed by atoms with Gasteiger partial charge >= 0.3 is 0 Å². The Morgan fingerprint density at radius 1 is 0.821 bits per heavy atom. The summed E-state index contributed by atoms with van der Waals surface area (Å²) in [5.41, 5.74) is 6.31. The van der Waals surface area contributed by atoms with Gasteiger partial charge in [-0.25, -0.2) is 4.58 Å². The van der Waals surface area contributed by atoms with Crippen LogP contribution in [0, 0.1) is 0 Å². The highest BCUT2D eigenvalue weighted by Crippen LogP contribution is 2.33. The monoisotopic (exact) mass is 437 g/mol. The molecule has 28 heavy (non-hydrogen) atoms.